The Labute approximate surface area is 151 Å². The number of hydrogen-bond donors (Lipinski definition) is 0. The van der Waals surface area contributed by atoms with Crippen molar-refractivity contribution >= 4 is 5.78 Å². The first-order valence-corrected chi connectivity index (χ1v) is 10.1. The van der Waals surface area contributed by atoms with Crippen molar-refractivity contribution in [3.8, 4) is 0 Å². The van der Waals surface area contributed by atoms with Crippen molar-refractivity contribution in [3.63, 3.8) is 0 Å². The fourth-order valence-corrected chi connectivity index (χ4v) is 5.45. The van der Waals surface area contributed by atoms with Crippen LogP contribution >= 0.6 is 0 Å². The van der Waals surface area contributed by atoms with E-state index in [9.17, 15) is 4.79 Å². The summed E-state index contributed by atoms with van der Waals surface area (Å²) in [6.07, 6.45) is 14.1. The van der Waals surface area contributed by atoms with Crippen LogP contribution in [0.1, 0.15) is 75.6 Å². The van der Waals surface area contributed by atoms with Crippen LogP contribution in [0.5, 0.6) is 0 Å². The van der Waals surface area contributed by atoms with Gasteiger partial charge in [0.05, 0.1) is 0 Å². The summed E-state index contributed by atoms with van der Waals surface area (Å²) < 4.78 is 0. The van der Waals surface area contributed by atoms with Crippen molar-refractivity contribution in [2.24, 2.45) is 11.3 Å². The molecule has 2 saturated carbocycles. The molecule has 0 N–H and O–H groups in total. The van der Waals surface area contributed by atoms with Gasteiger partial charge in [0.1, 0.15) is 11.6 Å². The molecule has 1 spiro atoms. The summed E-state index contributed by atoms with van der Waals surface area (Å²) in [5.41, 5.74) is 1.90. The number of piperidine rings is 1. The van der Waals surface area contributed by atoms with Gasteiger partial charge in [0.15, 0.2) is 0 Å². The molecule has 0 unspecified atom stereocenters. The molecule has 0 radical (unpaired) electrons. The molecule has 4 rings (SSSR count). The molecule has 1 aromatic rings. The molecule has 4 heteroatoms. The molecule has 0 aromatic carbocycles. The topological polar surface area (TPSA) is 46.1 Å². The molecule has 2 heterocycles. The maximum atomic E-state index is 11.6. The number of hydrogen-bond acceptors (Lipinski definition) is 4. The highest BCUT2D eigenvalue weighted by atomic mass is 16.1. The number of likely N-dealkylation sites (tertiary alicyclic amines) is 1. The molecular formula is C21H31N3O. The van der Waals surface area contributed by atoms with Crippen molar-refractivity contribution < 1.29 is 4.79 Å². The number of carbonyl (C=O) groups is 1. The lowest BCUT2D eigenvalue weighted by atomic mass is 9.56. The van der Waals surface area contributed by atoms with E-state index in [0.717, 1.165) is 24.7 Å². The van der Waals surface area contributed by atoms with Crippen molar-refractivity contribution in [1.29, 1.82) is 0 Å². The van der Waals surface area contributed by atoms with E-state index in [1.54, 1.807) is 6.92 Å². The summed E-state index contributed by atoms with van der Waals surface area (Å²) in [5, 5.41) is 0. The van der Waals surface area contributed by atoms with Gasteiger partial charge in [-0.05, 0) is 95.2 Å². The van der Waals surface area contributed by atoms with E-state index in [1.165, 1.54) is 57.2 Å². The number of aryl methyl sites for hydroxylation is 1. The van der Waals surface area contributed by atoms with Gasteiger partial charge in [0.25, 0.3) is 0 Å². The second-order valence-corrected chi connectivity index (χ2v) is 8.82. The van der Waals surface area contributed by atoms with E-state index < -0.39 is 0 Å². The minimum Gasteiger partial charge on any atom is -0.300 e. The molecule has 1 aromatic heterocycles. The van der Waals surface area contributed by atoms with E-state index in [0.29, 0.717) is 23.0 Å². The van der Waals surface area contributed by atoms with Gasteiger partial charge in [-0.1, -0.05) is 0 Å². The van der Waals surface area contributed by atoms with Crippen LogP contribution in [0, 0.1) is 18.3 Å². The summed E-state index contributed by atoms with van der Waals surface area (Å²) >= 11 is 0. The second kappa shape index (κ2) is 6.79. The van der Waals surface area contributed by atoms with Gasteiger partial charge in [-0.2, -0.15) is 0 Å². The Morgan fingerprint density at radius 2 is 1.68 bits per heavy atom. The number of aromatic nitrogens is 2. The Morgan fingerprint density at radius 1 is 1.08 bits per heavy atom. The molecule has 25 heavy (non-hydrogen) atoms. The summed E-state index contributed by atoms with van der Waals surface area (Å²) in [5.74, 6) is 2.27. The first kappa shape index (κ1) is 17.1. The Bertz CT molecular complexity index is 603. The third-order valence-electron chi connectivity index (χ3n) is 7.28. The fourth-order valence-electron chi connectivity index (χ4n) is 5.45. The number of Topliss-reactive ketones (excluding diaryl/α,β-unsaturated/α-hetero) is 1. The zero-order valence-electron chi connectivity index (χ0n) is 15.7. The molecule has 0 bridgehead atoms. The van der Waals surface area contributed by atoms with Gasteiger partial charge in [-0.15, -0.1) is 0 Å². The average Bonchev–Trinajstić information content (AvgIpc) is 2.60. The highest BCUT2D eigenvalue weighted by molar-refractivity contribution is 5.78. The predicted octanol–water partition coefficient (Wildman–Crippen LogP) is 3.89. The van der Waals surface area contributed by atoms with E-state index in [1.807, 2.05) is 19.3 Å². The lowest BCUT2D eigenvalue weighted by molar-refractivity contribution is -0.124. The quantitative estimate of drug-likeness (QED) is 0.837. The Balaban J connectivity index is 1.25. The zero-order valence-corrected chi connectivity index (χ0v) is 15.7. The van der Waals surface area contributed by atoms with Gasteiger partial charge < -0.3 is 4.90 Å². The first-order valence-electron chi connectivity index (χ1n) is 10.1. The third kappa shape index (κ3) is 3.51. The summed E-state index contributed by atoms with van der Waals surface area (Å²) in [4.78, 5) is 23.0. The standard InChI is InChI=1S/C21H31N3O/c1-15(25)17-3-7-21(8-4-17)11-20(12-21)24-9-5-18(6-10-24)19-13-22-16(2)23-14-19/h13-14,17-18,20H,3-12H2,1-2H3. The van der Waals surface area contributed by atoms with Gasteiger partial charge >= 0.3 is 0 Å². The molecule has 1 aliphatic heterocycles. The van der Waals surface area contributed by atoms with E-state index in [2.05, 4.69) is 14.9 Å². The molecule has 0 amide bonds. The number of nitrogens with zero attached hydrogens (tertiary/aromatic N) is 3. The molecule has 3 aliphatic rings. The Kier molecular flexibility index (Phi) is 4.65. The summed E-state index contributed by atoms with van der Waals surface area (Å²) in [6.45, 7) is 6.16. The maximum absolute atomic E-state index is 11.6. The van der Waals surface area contributed by atoms with Gasteiger partial charge in [0, 0.05) is 24.4 Å². The fraction of sp³-hybridized carbons (Fsp3) is 0.762. The highest BCUT2D eigenvalue weighted by Gasteiger charge is 2.48. The monoisotopic (exact) mass is 341 g/mol. The van der Waals surface area contributed by atoms with Gasteiger partial charge in [-0.25, -0.2) is 9.97 Å². The number of rotatable bonds is 3. The van der Waals surface area contributed by atoms with Crippen molar-refractivity contribution in [2.75, 3.05) is 13.1 Å². The Hall–Kier alpha value is -1.29. The predicted molar refractivity (Wildman–Crippen MR) is 98.4 cm³/mol. The molecule has 3 fully saturated rings. The van der Waals surface area contributed by atoms with Crippen molar-refractivity contribution in [2.45, 2.75) is 77.2 Å². The van der Waals surface area contributed by atoms with Crippen LogP contribution in [0.25, 0.3) is 0 Å². The lowest BCUT2D eigenvalue weighted by Crippen LogP contribution is -2.54. The minimum absolute atomic E-state index is 0.358. The van der Waals surface area contributed by atoms with Crippen LogP contribution in [0.3, 0.4) is 0 Å². The summed E-state index contributed by atoms with van der Waals surface area (Å²) in [7, 11) is 0. The largest absolute Gasteiger partial charge is 0.300 e. The van der Waals surface area contributed by atoms with E-state index in [-0.39, 0.29) is 0 Å². The Morgan fingerprint density at radius 3 is 2.24 bits per heavy atom. The van der Waals surface area contributed by atoms with E-state index in [4.69, 9.17) is 0 Å². The number of ketones is 1. The highest BCUT2D eigenvalue weighted by Crippen LogP contribution is 2.54. The van der Waals surface area contributed by atoms with Gasteiger partial charge in [-0.3, -0.25) is 4.79 Å². The third-order valence-corrected chi connectivity index (χ3v) is 7.28. The summed E-state index contributed by atoms with van der Waals surface area (Å²) in [6, 6.07) is 0.795. The molecule has 136 valence electrons. The second-order valence-electron chi connectivity index (χ2n) is 8.82. The normalized spacial score (nSPS) is 34.0. The smallest absolute Gasteiger partial charge is 0.132 e. The van der Waals surface area contributed by atoms with Crippen molar-refractivity contribution in [1.82, 2.24) is 14.9 Å². The molecule has 1 saturated heterocycles. The lowest BCUT2D eigenvalue weighted by Gasteiger charge is -2.55. The molecule has 2 aliphatic carbocycles. The number of carbonyl (C=O) groups excluding carboxylic acids is 1. The van der Waals surface area contributed by atoms with Crippen LogP contribution in [0.2, 0.25) is 0 Å². The first-order chi connectivity index (χ1) is 12.0. The van der Waals surface area contributed by atoms with Crippen LogP contribution in [0.4, 0.5) is 0 Å². The maximum Gasteiger partial charge on any atom is 0.132 e. The minimum atomic E-state index is 0.358. The van der Waals surface area contributed by atoms with Crippen LogP contribution in [0.15, 0.2) is 12.4 Å². The average molecular weight is 341 g/mol. The SMILES string of the molecule is CC(=O)C1CCC2(CC1)CC(N1CCC(c3cnc(C)nc3)CC1)C2. The van der Waals surface area contributed by atoms with Crippen LogP contribution in [-0.4, -0.2) is 39.8 Å². The van der Waals surface area contributed by atoms with Crippen LogP contribution in [-0.2, 0) is 4.79 Å². The zero-order chi connectivity index (χ0) is 17.4. The molecular weight excluding hydrogens is 310 g/mol. The molecule has 0 atom stereocenters. The molecule has 4 nitrogen and oxygen atoms in total. The van der Waals surface area contributed by atoms with Gasteiger partial charge in [0.2, 0.25) is 0 Å². The van der Waals surface area contributed by atoms with Crippen molar-refractivity contribution in [3.05, 3.63) is 23.8 Å². The van der Waals surface area contributed by atoms with Crippen LogP contribution < -0.4 is 0 Å². The van der Waals surface area contributed by atoms with E-state index >= 15 is 0 Å².